The monoisotopic (exact) mass is 414 g/mol. The molecule has 0 aliphatic carbocycles. The van der Waals surface area contributed by atoms with Gasteiger partial charge in [0.2, 0.25) is 0 Å². The second kappa shape index (κ2) is 8.16. The summed E-state index contributed by atoms with van der Waals surface area (Å²) in [6, 6.07) is 15.8. The van der Waals surface area contributed by atoms with Crippen LogP contribution in [0, 0.1) is 6.92 Å². The highest BCUT2D eigenvalue weighted by molar-refractivity contribution is 7.94. The Morgan fingerprint density at radius 1 is 1.07 bits per heavy atom. The lowest BCUT2D eigenvalue weighted by atomic mass is 10.1. The lowest BCUT2D eigenvalue weighted by Gasteiger charge is -2.19. The number of anilines is 2. The van der Waals surface area contributed by atoms with E-state index in [1.54, 1.807) is 41.8 Å². The number of hydrogen-bond acceptors (Lipinski definition) is 4. The SMILES string of the molecule is CCc1cccc(C)c1NC(=O)c1ccc(N(C)S(=O)(=O)c2cccs2)cc1. The van der Waals surface area contributed by atoms with E-state index in [-0.39, 0.29) is 10.1 Å². The number of thiophene rings is 1. The van der Waals surface area contributed by atoms with E-state index >= 15 is 0 Å². The third kappa shape index (κ3) is 3.95. The van der Waals surface area contributed by atoms with Gasteiger partial charge in [-0.15, -0.1) is 11.3 Å². The van der Waals surface area contributed by atoms with Crippen molar-refractivity contribution in [2.75, 3.05) is 16.7 Å². The molecule has 1 amide bonds. The third-order valence-corrected chi connectivity index (χ3v) is 7.74. The maximum absolute atomic E-state index is 12.7. The van der Waals surface area contributed by atoms with Crippen LogP contribution in [-0.2, 0) is 16.4 Å². The number of rotatable bonds is 6. The Hall–Kier alpha value is -2.64. The van der Waals surface area contributed by atoms with Crippen LogP contribution < -0.4 is 9.62 Å². The molecule has 0 saturated heterocycles. The Kier molecular flexibility index (Phi) is 5.86. The van der Waals surface area contributed by atoms with E-state index in [2.05, 4.69) is 5.32 Å². The van der Waals surface area contributed by atoms with Crippen LogP contribution in [-0.4, -0.2) is 21.4 Å². The van der Waals surface area contributed by atoms with Crippen LogP contribution in [0.3, 0.4) is 0 Å². The number of benzene rings is 2. The first kappa shape index (κ1) is 20.1. The average Bonchev–Trinajstić information content (AvgIpc) is 3.24. The highest BCUT2D eigenvalue weighted by atomic mass is 32.2. The highest BCUT2D eigenvalue weighted by Crippen LogP contribution is 2.26. The molecule has 1 heterocycles. The summed E-state index contributed by atoms with van der Waals surface area (Å²) in [5, 5.41) is 4.70. The molecule has 28 heavy (non-hydrogen) atoms. The van der Waals surface area contributed by atoms with Crippen LogP contribution in [0.15, 0.2) is 64.2 Å². The molecule has 0 fully saturated rings. The summed E-state index contributed by atoms with van der Waals surface area (Å²) in [6.07, 6.45) is 0.821. The van der Waals surface area contributed by atoms with Gasteiger partial charge in [-0.25, -0.2) is 8.42 Å². The van der Waals surface area contributed by atoms with Gasteiger partial charge in [0, 0.05) is 18.3 Å². The van der Waals surface area contributed by atoms with Crippen molar-refractivity contribution in [2.45, 2.75) is 24.5 Å². The van der Waals surface area contributed by atoms with Crippen LogP contribution in [0.4, 0.5) is 11.4 Å². The zero-order valence-corrected chi connectivity index (χ0v) is 17.6. The van der Waals surface area contributed by atoms with Crippen LogP contribution in [0.2, 0.25) is 0 Å². The van der Waals surface area contributed by atoms with Crippen molar-refractivity contribution >= 4 is 38.6 Å². The molecule has 0 aliphatic heterocycles. The number of amides is 1. The number of nitrogens with zero attached hydrogens (tertiary/aromatic N) is 1. The topological polar surface area (TPSA) is 66.5 Å². The van der Waals surface area contributed by atoms with Gasteiger partial charge in [-0.05, 0) is 60.2 Å². The predicted molar refractivity (Wildman–Crippen MR) is 115 cm³/mol. The van der Waals surface area contributed by atoms with E-state index in [0.29, 0.717) is 11.3 Å². The predicted octanol–water partition coefficient (Wildman–Crippen LogP) is 4.70. The number of aryl methyl sites for hydroxylation is 2. The Labute approximate surface area is 169 Å². The molecule has 1 N–H and O–H groups in total. The van der Waals surface area contributed by atoms with Crippen LogP contribution in [0.5, 0.6) is 0 Å². The molecule has 0 aliphatic rings. The summed E-state index contributed by atoms with van der Waals surface area (Å²) < 4.78 is 26.7. The molecule has 0 bridgehead atoms. The molecule has 3 aromatic rings. The van der Waals surface area contributed by atoms with Gasteiger partial charge in [-0.3, -0.25) is 9.10 Å². The fourth-order valence-electron chi connectivity index (χ4n) is 2.89. The van der Waals surface area contributed by atoms with Crippen molar-refractivity contribution in [1.29, 1.82) is 0 Å². The molecule has 0 unspecified atom stereocenters. The van der Waals surface area contributed by atoms with Gasteiger partial charge >= 0.3 is 0 Å². The first-order chi connectivity index (χ1) is 13.3. The molecule has 146 valence electrons. The summed E-state index contributed by atoms with van der Waals surface area (Å²) in [6.45, 7) is 4.01. The minimum atomic E-state index is -3.59. The minimum Gasteiger partial charge on any atom is -0.321 e. The fraction of sp³-hybridized carbons (Fsp3) is 0.190. The van der Waals surface area contributed by atoms with Gasteiger partial charge in [0.1, 0.15) is 4.21 Å². The molecule has 3 rings (SSSR count). The smallest absolute Gasteiger partial charge is 0.273 e. The lowest BCUT2D eigenvalue weighted by Crippen LogP contribution is -2.25. The van der Waals surface area contributed by atoms with E-state index in [0.717, 1.165) is 23.2 Å². The molecule has 0 atom stereocenters. The van der Waals surface area contributed by atoms with E-state index in [4.69, 9.17) is 0 Å². The normalized spacial score (nSPS) is 11.2. The molecular weight excluding hydrogens is 392 g/mol. The van der Waals surface area contributed by atoms with Crippen LogP contribution in [0.25, 0.3) is 0 Å². The summed E-state index contributed by atoms with van der Waals surface area (Å²) in [5.41, 5.74) is 3.88. The summed E-state index contributed by atoms with van der Waals surface area (Å²) >= 11 is 1.17. The van der Waals surface area contributed by atoms with E-state index in [9.17, 15) is 13.2 Å². The van der Waals surface area contributed by atoms with E-state index < -0.39 is 10.0 Å². The maximum atomic E-state index is 12.7. The number of sulfonamides is 1. The number of carbonyl (C=O) groups is 1. The Morgan fingerprint density at radius 3 is 2.39 bits per heavy atom. The van der Waals surface area contributed by atoms with Crippen molar-refractivity contribution in [2.24, 2.45) is 0 Å². The van der Waals surface area contributed by atoms with Crippen LogP contribution >= 0.6 is 11.3 Å². The first-order valence-corrected chi connectivity index (χ1v) is 11.2. The van der Waals surface area contributed by atoms with Crippen LogP contribution in [0.1, 0.15) is 28.4 Å². The Bertz CT molecular complexity index is 1070. The summed E-state index contributed by atoms with van der Waals surface area (Å²) in [7, 11) is -2.09. The van der Waals surface area contributed by atoms with Crippen molar-refractivity contribution in [3.63, 3.8) is 0 Å². The largest absolute Gasteiger partial charge is 0.321 e. The fourth-order valence-corrected chi connectivity index (χ4v) is 5.25. The van der Waals surface area contributed by atoms with Crippen molar-refractivity contribution in [1.82, 2.24) is 0 Å². The molecular formula is C21H22N2O3S2. The first-order valence-electron chi connectivity index (χ1n) is 8.87. The number of carbonyl (C=O) groups excluding carboxylic acids is 1. The molecule has 0 spiro atoms. The van der Waals surface area contributed by atoms with Gasteiger partial charge in [0.05, 0.1) is 5.69 Å². The molecule has 5 nitrogen and oxygen atoms in total. The molecule has 0 radical (unpaired) electrons. The average molecular weight is 415 g/mol. The molecule has 2 aromatic carbocycles. The second-order valence-corrected chi connectivity index (χ2v) is 9.51. The standard InChI is InChI=1S/C21H22N2O3S2/c1-4-16-8-5-7-15(2)20(16)22-21(24)17-10-12-18(13-11-17)23(3)28(25,26)19-9-6-14-27-19/h5-14H,4H2,1-3H3,(H,22,24). The summed E-state index contributed by atoms with van der Waals surface area (Å²) in [4.78, 5) is 12.7. The highest BCUT2D eigenvalue weighted by Gasteiger charge is 2.22. The zero-order valence-electron chi connectivity index (χ0n) is 16.0. The Balaban J connectivity index is 1.80. The maximum Gasteiger partial charge on any atom is 0.273 e. The number of hydrogen-bond donors (Lipinski definition) is 1. The lowest BCUT2D eigenvalue weighted by molar-refractivity contribution is 0.102. The van der Waals surface area contributed by atoms with Crippen molar-refractivity contribution in [3.8, 4) is 0 Å². The number of nitrogens with one attached hydrogen (secondary N) is 1. The Morgan fingerprint density at radius 2 is 1.79 bits per heavy atom. The van der Waals surface area contributed by atoms with Crippen molar-refractivity contribution < 1.29 is 13.2 Å². The van der Waals surface area contributed by atoms with E-state index in [1.165, 1.54) is 22.7 Å². The third-order valence-electron chi connectivity index (χ3n) is 4.58. The van der Waals surface area contributed by atoms with Crippen molar-refractivity contribution in [3.05, 3.63) is 76.7 Å². The van der Waals surface area contributed by atoms with Gasteiger partial charge in [0.15, 0.2) is 0 Å². The minimum absolute atomic E-state index is 0.223. The molecule has 0 saturated carbocycles. The zero-order chi connectivity index (χ0) is 20.3. The van der Waals surface area contributed by atoms with Gasteiger partial charge in [0.25, 0.3) is 15.9 Å². The molecule has 7 heteroatoms. The summed E-state index contributed by atoms with van der Waals surface area (Å²) in [5.74, 6) is -0.223. The number of para-hydroxylation sites is 1. The van der Waals surface area contributed by atoms with Gasteiger partial charge in [-0.1, -0.05) is 31.2 Å². The molecule has 1 aromatic heterocycles. The van der Waals surface area contributed by atoms with Gasteiger partial charge < -0.3 is 5.32 Å². The second-order valence-electron chi connectivity index (χ2n) is 6.37. The van der Waals surface area contributed by atoms with E-state index in [1.807, 2.05) is 32.0 Å². The van der Waals surface area contributed by atoms with Gasteiger partial charge in [-0.2, -0.15) is 0 Å². The quantitative estimate of drug-likeness (QED) is 0.636.